The molecule has 3 N–H and O–H groups in total. The fourth-order valence-corrected chi connectivity index (χ4v) is 2.04. The highest BCUT2D eigenvalue weighted by atomic mass is 14.9. The molecule has 96 valence electrons. The average Bonchev–Trinajstić information content (AvgIpc) is 2.41. The monoisotopic (exact) mass is 251 g/mol. The van der Waals surface area contributed by atoms with Gasteiger partial charge >= 0.3 is 0 Å². The van der Waals surface area contributed by atoms with Crippen LogP contribution >= 0.6 is 0 Å². The lowest BCUT2D eigenvalue weighted by Crippen LogP contribution is -2.08. The van der Waals surface area contributed by atoms with E-state index in [4.69, 9.17) is 11.0 Å². The highest BCUT2D eigenvalue weighted by Crippen LogP contribution is 2.23. The van der Waals surface area contributed by atoms with Crippen LogP contribution in [0.25, 0.3) is 0 Å². The highest BCUT2D eigenvalue weighted by Gasteiger charge is 2.07. The third-order valence-electron chi connectivity index (χ3n) is 3.14. The highest BCUT2D eigenvalue weighted by molar-refractivity contribution is 5.55. The van der Waals surface area contributed by atoms with Crippen LogP contribution in [0.5, 0.6) is 0 Å². The molecule has 0 bridgehead atoms. The van der Waals surface area contributed by atoms with Crippen LogP contribution in [0.4, 0.5) is 11.4 Å². The molecule has 0 aliphatic rings. The summed E-state index contributed by atoms with van der Waals surface area (Å²) >= 11 is 0. The molecule has 0 heterocycles. The topological polar surface area (TPSA) is 61.8 Å². The van der Waals surface area contributed by atoms with Crippen molar-refractivity contribution >= 4 is 11.4 Å². The number of nitrogen functional groups attached to an aromatic ring is 1. The van der Waals surface area contributed by atoms with Gasteiger partial charge in [-0.2, -0.15) is 5.26 Å². The fraction of sp³-hybridized carbons (Fsp3) is 0.188. The predicted octanol–water partition coefficient (Wildman–Crippen LogP) is 3.62. The first-order valence-electron chi connectivity index (χ1n) is 6.23. The van der Waals surface area contributed by atoms with Crippen LogP contribution in [0.1, 0.15) is 29.7 Å². The van der Waals surface area contributed by atoms with Crippen molar-refractivity contribution in [3.05, 3.63) is 59.2 Å². The Morgan fingerprint density at radius 2 is 2.00 bits per heavy atom. The van der Waals surface area contributed by atoms with Crippen molar-refractivity contribution in [2.45, 2.75) is 19.9 Å². The van der Waals surface area contributed by atoms with Crippen LogP contribution in [0, 0.1) is 18.3 Å². The molecule has 0 aromatic heterocycles. The fourth-order valence-electron chi connectivity index (χ4n) is 2.04. The summed E-state index contributed by atoms with van der Waals surface area (Å²) < 4.78 is 0. The third-order valence-corrected chi connectivity index (χ3v) is 3.14. The summed E-state index contributed by atoms with van der Waals surface area (Å²) in [5, 5.41) is 12.3. The molecular weight excluding hydrogens is 234 g/mol. The minimum atomic E-state index is 0.162. The van der Waals surface area contributed by atoms with Crippen LogP contribution in [0.3, 0.4) is 0 Å². The second kappa shape index (κ2) is 5.45. The van der Waals surface area contributed by atoms with Gasteiger partial charge in [0.1, 0.15) is 0 Å². The average molecular weight is 251 g/mol. The number of anilines is 2. The third kappa shape index (κ3) is 3.05. The molecular formula is C16H17N3. The summed E-state index contributed by atoms with van der Waals surface area (Å²) in [6, 6.07) is 15.8. The van der Waals surface area contributed by atoms with Gasteiger partial charge in [-0.1, -0.05) is 12.1 Å². The summed E-state index contributed by atoms with van der Waals surface area (Å²) in [6.07, 6.45) is 0. The molecule has 3 nitrogen and oxygen atoms in total. The van der Waals surface area contributed by atoms with Crippen LogP contribution in [-0.4, -0.2) is 0 Å². The molecule has 0 saturated carbocycles. The zero-order chi connectivity index (χ0) is 13.8. The van der Waals surface area contributed by atoms with Gasteiger partial charge in [0.25, 0.3) is 0 Å². The largest absolute Gasteiger partial charge is 0.399 e. The van der Waals surface area contributed by atoms with E-state index in [2.05, 4.69) is 18.3 Å². The first-order valence-corrected chi connectivity index (χ1v) is 6.23. The molecule has 0 aliphatic carbocycles. The SMILES string of the molecule is Cc1cc(C#N)ccc1NC(C)c1cccc(N)c1. The maximum atomic E-state index is 8.86. The number of benzene rings is 2. The quantitative estimate of drug-likeness (QED) is 0.819. The normalized spacial score (nSPS) is 11.6. The van der Waals surface area contributed by atoms with Crippen LogP contribution in [0.15, 0.2) is 42.5 Å². The summed E-state index contributed by atoms with van der Waals surface area (Å²) in [4.78, 5) is 0. The molecule has 0 radical (unpaired) electrons. The lowest BCUT2D eigenvalue weighted by atomic mass is 10.1. The molecule has 0 fully saturated rings. The number of nitrogens with two attached hydrogens (primary N) is 1. The van der Waals surface area contributed by atoms with Gasteiger partial charge in [-0.15, -0.1) is 0 Å². The van der Waals surface area contributed by atoms with Gasteiger partial charge < -0.3 is 11.1 Å². The zero-order valence-electron chi connectivity index (χ0n) is 11.1. The van der Waals surface area contributed by atoms with E-state index in [0.29, 0.717) is 5.56 Å². The number of hydrogen-bond donors (Lipinski definition) is 2. The number of nitrogens with zero attached hydrogens (tertiary/aromatic N) is 1. The number of rotatable bonds is 3. The van der Waals surface area contributed by atoms with E-state index in [1.54, 1.807) is 0 Å². The van der Waals surface area contributed by atoms with Crippen molar-refractivity contribution in [3.8, 4) is 6.07 Å². The van der Waals surface area contributed by atoms with Gasteiger partial charge in [0.2, 0.25) is 0 Å². The standard InChI is InChI=1S/C16H17N3/c1-11-8-13(10-17)6-7-16(11)19-12(2)14-4-3-5-15(18)9-14/h3-9,12,19H,18H2,1-2H3. The lowest BCUT2D eigenvalue weighted by Gasteiger charge is -2.18. The molecule has 2 aromatic carbocycles. The predicted molar refractivity (Wildman–Crippen MR) is 78.8 cm³/mol. The van der Waals surface area contributed by atoms with Gasteiger partial charge in [0.05, 0.1) is 11.6 Å². The van der Waals surface area contributed by atoms with Crippen molar-refractivity contribution < 1.29 is 0 Å². The molecule has 2 aromatic rings. The molecule has 0 amide bonds. The van der Waals surface area contributed by atoms with Crippen molar-refractivity contribution in [3.63, 3.8) is 0 Å². The van der Waals surface area contributed by atoms with E-state index in [9.17, 15) is 0 Å². The van der Waals surface area contributed by atoms with E-state index < -0.39 is 0 Å². The minimum absolute atomic E-state index is 0.162. The van der Waals surface area contributed by atoms with Gasteiger partial charge in [0.15, 0.2) is 0 Å². The zero-order valence-corrected chi connectivity index (χ0v) is 11.1. The molecule has 19 heavy (non-hydrogen) atoms. The van der Waals surface area contributed by atoms with E-state index in [1.165, 1.54) is 0 Å². The second-order valence-corrected chi connectivity index (χ2v) is 4.68. The van der Waals surface area contributed by atoms with E-state index >= 15 is 0 Å². The Labute approximate surface area is 113 Å². The number of hydrogen-bond acceptors (Lipinski definition) is 3. The summed E-state index contributed by atoms with van der Waals surface area (Å²) in [6.45, 7) is 4.08. The Hall–Kier alpha value is -2.47. The Balaban J connectivity index is 2.20. The Morgan fingerprint density at radius 3 is 2.63 bits per heavy atom. The number of nitrogens with one attached hydrogen (secondary N) is 1. The molecule has 0 aliphatic heterocycles. The molecule has 1 atom stereocenters. The summed E-state index contributed by atoms with van der Waals surface area (Å²) in [7, 11) is 0. The summed E-state index contributed by atoms with van der Waals surface area (Å²) in [5.74, 6) is 0. The smallest absolute Gasteiger partial charge is 0.0991 e. The van der Waals surface area contributed by atoms with Gasteiger partial charge in [0, 0.05) is 17.4 Å². The molecule has 2 rings (SSSR count). The molecule has 1 unspecified atom stereocenters. The Bertz CT molecular complexity index is 626. The van der Waals surface area contributed by atoms with Gasteiger partial charge in [-0.3, -0.25) is 0 Å². The second-order valence-electron chi connectivity index (χ2n) is 4.68. The molecule has 0 spiro atoms. The van der Waals surface area contributed by atoms with E-state index in [-0.39, 0.29) is 6.04 Å². The van der Waals surface area contributed by atoms with Crippen molar-refractivity contribution in [2.75, 3.05) is 11.1 Å². The van der Waals surface area contributed by atoms with Crippen molar-refractivity contribution in [2.24, 2.45) is 0 Å². The van der Waals surface area contributed by atoms with E-state index in [0.717, 1.165) is 22.5 Å². The van der Waals surface area contributed by atoms with Crippen LogP contribution < -0.4 is 11.1 Å². The van der Waals surface area contributed by atoms with Gasteiger partial charge in [-0.25, -0.2) is 0 Å². The Morgan fingerprint density at radius 1 is 1.21 bits per heavy atom. The summed E-state index contributed by atoms with van der Waals surface area (Å²) in [5.41, 5.74) is 10.5. The number of nitriles is 1. The lowest BCUT2D eigenvalue weighted by molar-refractivity contribution is 0.883. The first-order chi connectivity index (χ1) is 9.10. The molecule has 3 heteroatoms. The van der Waals surface area contributed by atoms with Gasteiger partial charge in [-0.05, 0) is 55.3 Å². The maximum Gasteiger partial charge on any atom is 0.0991 e. The Kier molecular flexibility index (Phi) is 3.72. The number of aryl methyl sites for hydroxylation is 1. The van der Waals surface area contributed by atoms with Crippen LogP contribution in [0.2, 0.25) is 0 Å². The molecule has 0 saturated heterocycles. The minimum Gasteiger partial charge on any atom is -0.399 e. The van der Waals surface area contributed by atoms with Crippen molar-refractivity contribution in [1.29, 1.82) is 5.26 Å². The van der Waals surface area contributed by atoms with E-state index in [1.807, 2.05) is 49.4 Å². The van der Waals surface area contributed by atoms with Crippen molar-refractivity contribution in [1.82, 2.24) is 0 Å². The maximum absolute atomic E-state index is 8.86. The van der Waals surface area contributed by atoms with Crippen LogP contribution in [-0.2, 0) is 0 Å². The first kappa shape index (κ1) is 13.0.